The van der Waals surface area contributed by atoms with Gasteiger partial charge in [0.15, 0.2) is 5.78 Å². The molecule has 2 fully saturated rings. The van der Waals surface area contributed by atoms with Crippen molar-refractivity contribution >= 4 is 23.6 Å². The third-order valence-corrected chi connectivity index (χ3v) is 11.1. The van der Waals surface area contributed by atoms with Crippen LogP contribution >= 0.6 is 0 Å². The van der Waals surface area contributed by atoms with Gasteiger partial charge in [0.25, 0.3) is 0 Å². The standard InChI is InChI=1S/C37H36F5N3O3/c1-34-20-30(24-8-4-22(5-9-24)3-2-18-44-33(47)45-26-11-6-23(21-43)7-12-26)32-28-15-13-27(46)19-25(28)10-14-29(32)31(34)16-17-35(34,48)36(38,39)37(40,41)42/h2-9,11-12,19,29-31,48H,10,13-18,20H2,1H3,(H2,44,45,47)/t29-,30+,31-,34-,35-/m0/s1. The first-order chi connectivity index (χ1) is 22.7. The molecule has 0 heterocycles. The van der Waals surface area contributed by atoms with E-state index < -0.39 is 47.4 Å². The van der Waals surface area contributed by atoms with Crippen molar-refractivity contribution in [3.05, 3.63) is 94.1 Å². The van der Waals surface area contributed by atoms with E-state index >= 15 is 8.78 Å². The van der Waals surface area contributed by atoms with Crippen molar-refractivity contribution in [1.29, 1.82) is 5.26 Å². The Kier molecular flexibility index (Phi) is 8.61. The number of nitrogens with one attached hydrogen (secondary N) is 2. The SMILES string of the molecule is C[C@]12C[C@H](c3ccc(C=CCNC(=O)Nc4ccc(C#N)cc4)cc3)C3=C4CCC(=O)C=C4CC[C@H]3[C@@H]1CC[C@@]2(O)C(F)(F)C(F)(F)F. The van der Waals surface area contributed by atoms with Gasteiger partial charge in [-0.3, -0.25) is 4.79 Å². The number of alkyl halides is 5. The minimum absolute atomic E-state index is 0.0300. The fourth-order valence-corrected chi connectivity index (χ4v) is 8.70. The van der Waals surface area contributed by atoms with Crippen LogP contribution in [0.1, 0.15) is 74.5 Å². The highest BCUT2D eigenvalue weighted by Crippen LogP contribution is 2.70. The van der Waals surface area contributed by atoms with E-state index in [1.54, 1.807) is 42.5 Å². The fraction of sp³-hybridized carbons (Fsp3) is 0.432. The Balaban J connectivity index is 1.25. The lowest BCUT2D eigenvalue weighted by Gasteiger charge is -2.56. The van der Waals surface area contributed by atoms with E-state index in [2.05, 4.69) is 10.6 Å². The van der Waals surface area contributed by atoms with Crippen LogP contribution in [0.4, 0.5) is 32.4 Å². The van der Waals surface area contributed by atoms with Crippen molar-refractivity contribution in [3.8, 4) is 6.07 Å². The number of aliphatic hydroxyl groups is 1. The molecule has 11 heteroatoms. The molecular formula is C37H36F5N3O3. The highest BCUT2D eigenvalue weighted by molar-refractivity contribution is 5.93. The van der Waals surface area contributed by atoms with Crippen molar-refractivity contribution < 1.29 is 36.6 Å². The number of nitriles is 1. The number of amides is 2. The number of rotatable bonds is 6. The number of urea groups is 1. The van der Waals surface area contributed by atoms with E-state index in [4.69, 9.17) is 5.26 Å². The Labute approximate surface area is 275 Å². The van der Waals surface area contributed by atoms with Gasteiger partial charge < -0.3 is 15.7 Å². The van der Waals surface area contributed by atoms with Crippen molar-refractivity contribution in [2.24, 2.45) is 17.3 Å². The van der Waals surface area contributed by atoms with Gasteiger partial charge in [0.1, 0.15) is 5.60 Å². The first-order valence-electron chi connectivity index (χ1n) is 16.1. The summed E-state index contributed by atoms with van der Waals surface area (Å²) < 4.78 is 71.8. The molecule has 2 aromatic carbocycles. The number of fused-ring (bicyclic) bond motifs is 4. The maximum atomic E-state index is 15.2. The van der Waals surface area contributed by atoms with Crippen LogP contribution in [0.2, 0.25) is 0 Å². The van der Waals surface area contributed by atoms with Gasteiger partial charge in [0.2, 0.25) is 0 Å². The molecule has 0 aliphatic heterocycles. The number of halogens is 5. The van der Waals surface area contributed by atoms with Crippen molar-refractivity contribution in [1.82, 2.24) is 5.32 Å². The van der Waals surface area contributed by atoms with Gasteiger partial charge >= 0.3 is 18.1 Å². The molecule has 2 amide bonds. The lowest BCUT2D eigenvalue weighted by Crippen LogP contribution is -2.65. The predicted octanol–water partition coefficient (Wildman–Crippen LogP) is 8.22. The van der Waals surface area contributed by atoms with Crippen LogP contribution in [0.3, 0.4) is 0 Å². The molecule has 6 rings (SSSR count). The molecule has 0 unspecified atom stereocenters. The molecule has 0 aromatic heterocycles. The van der Waals surface area contributed by atoms with Crippen molar-refractivity contribution in [2.45, 2.75) is 75.5 Å². The summed E-state index contributed by atoms with van der Waals surface area (Å²) in [5.74, 6) is -6.60. The van der Waals surface area contributed by atoms with Crippen molar-refractivity contribution in [3.63, 3.8) is 0 Å². The summed E-state index contributed by atoms with van der Waals surface area (Å²) in [7, 11) is 0. The van der Waals surface area contributed by atoms with Gasteiger partial charge in [-0.1, -0.05) is 48.9 Å². The smallest absolute Gasteiger partial charge is 0.383 e. The first-order valence-corrected chi connectivity index (χ1v) is 16.1. The van der Waals surface area contributed by atoms with E-state index in [1.165, 1.54) is 6.92 Å². The van der Waals surface area contributed by atoms with Gasteiger partial charge in [-0.05, 0) is 103 Å². The second-order valence-electron chi connectivity index (χ2n) is 13.6. The number of hydrogen-bond acceptors (Lipinski definition) is 4. The predicted molar refractivity (Wildman–Crippen MR) is 170 cm³/mol. The van der Waals surface area contributed by atoms with Gasteiger partial charge in [0, 0.05) is 30.0 Å². The van der Waals surface area contributed by atoms with Gasteiger partial charge in [-0.25, -0.2) is 4.79 Å². The maximum absolute atomic E-state index is 15.2. The summed E-state index contributed by atoms with van der Waals surface area (Å²) in [6, 6.07) is 15.3. The molecule has 4 aliphatic carbocycles. The second-order valence-corrected chi connectivity index (χ2v) is 13.6. The molecule has 252 valence electrons. The molecule has 0 saturated heterocycles. The highest BCUT2D eigenvalue weighted by atomic mass is 19.4. The Hall–Kier alpha value is -4.30. The average Bonchev–Trinajstić information content (AvgIpc) is 3.33. The topological polar surface area (TPSA) is 102 Å². The molecule has 0 spiro atoms. The molecule has 0 radical (unpaired) electrons. The number of ketones is 1. The monoisotopic (exact) mass is 665 g/mol. The molecule has 6 nitrogen and oxygen atoms in total. The molecule has 48 heavy (non-hydrogen) atoms. The summed E-state index contributed by atoms with van der Waals surface area (Å²) in [4.78, 5) is 24.5. The summed E-state index contributed by atoms with van der Waals surface area (Å²) in [6.07, 6.45) is 0.540. The number of carbonyl (C=O) groups excluding carboxylic acids is 2. The molecule has 0 bridgehead atoms. The largest absolute Gasteiger partial charge is 0.456 e. The summed E-state index contributed by atoms with van der Waals surface area (Å²) in [5, 5.41) is 25.7. The Morgan fingerprint density at radius 3 is 2.42 bits per heavy atom. The van der Waals surface area contributed by atoms with Crippen LogP contribution in [0.5, 0.6) is 0 Å². The Morgan fingerprint density at radius 1 is 1.04 bits per heavy atom. The van der Waals surface area contributed by atoms with E-state index in [0.29, 0.717) is 36.9 Å². The minimum atomic E-state index is -5.90. The highest BCUT2D eigenvalue weighted by Gasteiger charge is 2.79. The molecule has 5 atom stereocenters. The Bertz CT molecular complexity index is 1740. The van der Waals surface area contributed by atoms with Crippen LogP contribution in [0, 0.1) is 28.6 Å². The van der Waals surface area contributed by atoms with Crippen LogP contribution in [0.25, 0.3) is 6.08 Å². The zero-order chi connectivity index (χ0) is 34.5. The molecular weight excluding hydrogens is 629 g/mol. The summed E-state index contributed by atoms with van der Waals surface area (Å²) in [5.41, 5.74) is 0.548. The summed E-state index contributed by atoms with van der Waals surface area (Å²) in [6.45, 7) is 1.63. The van der Waals surface area contributed by atoms with Crippen LogP contribution in [-0.2, 0) is 4.79 Å². The normalized spacial score (nSPS) is 28.7. The summed E-state index contributed by atoms with van der Waals surface area (Å²) >= 11 is 0. The quantitative estimate of drug-likeness (QED) is 0.271. The number of hydrogen-bond donors (Lipinski definition) is 3. The zero-order valence-corrected chi connectivity index (χ0v) is 26.3. The lowest BCUT2D eigenvalue weighted by atomic mass is 9.50. The maximum Gasteiger partial charge on any atom is 0.456 e. The van der Waals surface area contributed by atoms with Gasteiger partial charge in [0.05, 0.1) is 11.6 Å². The van der Waals surface area contributed by atoms with E-state index in [-0.39, 0.29) is 31.1 Å². The van der Waals surface area contributed by atoms with Gasteiger partial charge in [-0.2, -0.15) is 27.2 Å². The first kappa shape index (κ1) is 33.6. The Morgan fingerprint density at radius 2 is 1.75 bits per heavy atom. The van der Waals surface area contributed by atoms with E-state index in [9.17, 15) is 27.9 Å². The number of carbonyl (C=O) groups is 2. The fourth-order valence-electron chi connectivity index (χ4n) is 8.70. The van der Waals surface area contributed by atoms with E-state index in [0.717, 1.165) is 27.8 Å². The van der Waals surface area contributed by atoms with E-state index in [1.807, 2.05) is 30.3 Å². The van der Waals surface area contributed by atoms with Gasteiger partial charge in [-0.15, -0.1) is 0 Å². The molecule has 4 aliphatic rings. The molecule has 2 saturated carbocycles. The molecule has 3 N–H and O–H groups in total. The van der Waals surface area contributed by atoms with Crippen LogP contribution in [-0.4, -0.2) is 41.2 Å². The van der Waals surface area contributed by atoms with Crippen molar-refractivity contribution in [2.75, 3.05) is 11.9 Å². The third-order valence-electron chi connectivity index (χ3n) is 11.1. The number of nitrogens with zero attached hydrogens (tertiary/aromatic N) is 1. The second kappa shape index (κ2) is 12.3. The van der Waals surface area contributed by atoms with Crippen LogP contribution in [0.15, 0.2) is 77.4 Å². The minimum Gasteiger partial charge on any atom is -0.383 e. The number of benzene rings is 2. The third kappa shape index (κ3) is 5.64. The zero-order valence-electron chi connectivity index (χ0n) is 26.3. The number of anilines is 1. The number of allylic oxidation sites excluding steroid dienone is 4. The lowest BCUT2D eigenvalue weighted by molar-refractivity contribution is -0.362. The average molecular weight is 666 g/mol. The molecule has 2 aromatic rings. The van der Waals surface area contributed by atoms with Crippen LogP contribution < -0.4 is 10.6 Å².